The molecule has 9 heteroatoms. The number of halogens is 2. The van der Waals surface area contributed by atoms with Crippen LogP contribution in [0.1, 0.15) is 19.7 Å². The summed E-state index contributed by atoms with van der Waals surface area (Å²) in [5.74, 6) is 0.619. The fourth-order valence-electron chi connectivity index (χ4n) is 2.60. The summed E-state index contributed by atoms with van der Waals surface area (Å²) in [5, 5.41) is -0.211. The molecule has 0 bridgehead atoms. The summed E-state index contributed by atoms with van der Waals surface area (Å²) in [7, 11) is 1.33. The number of carbonyl (C=O) groups is 1. The summed E-state index contributed by atoms with van der Waals surface area (Å²) in [4.78, 5) is 17.3. The minimum atomic E-state index is -0.506. The minimum absolute atomic E-state index is 0.183. The van der Waals surface area contributed by atoms with Crippen LogP contribution in [0, 0.1) is 11.7 Å². The number of fused-ring (bicyclic) bond motifs is 1. The minimum Gasteiger partial charge on any atom is -0.468 e. The number of hydrogen-bond acceptors (Lipinski definition) is 6. The lowest BCUT2D eigenvalue weighted by atomic mass is 10.1. The van der Waals surface area contributed by atoms with E-state index in [-0.39, 0.29) is 16.7 Å². The summed E-state index contributed by atoms with van der Waals surface area (Å²) in [6.07, 6.45) is 0.910. The molecule has 1 aliphatic rings. The van der Waals surface area contributed by atoms with Crippen molar-refractivity contribution in [2.75, 3.05) is 7.11 Å². The average Bonchev–Trinajstić information content (AvgIpc) is 3.11. The van der Waals surface area contributed by atoms with Gasteiger partial charge < -0.3 is 9.30 Å². The van der Waals surface area contributed by atoms with Gasteiger partial charge in [0.2, 0.25) is 4.80 Å². The zero-order valence-corrected chi connectivity index (χ0v) is 16.3. The summed E-state index contributed by atoms with van der Waals surface area (Å²) < 4.78 is 25.4. The third-order valence-corrected chi connectivity index (χ3v) is 6.19. The number of aromatic nitrogens is 2. The predicted octanol–water partition coefficient (Wildman–Crippen LogP) is 3.82. The van der Waals surface area contributed by atoms with Crippen molar-refractivity contribution in [2.24, 2.45) is 10.9 Å². The highest BCUT2D eigenvalue weighted by atomic mass is 35.5. The molecule has 1 aliphatic heterocycles. The SMILES string of the molecule is COC(=O)C(C)Sc1cc(N=c2snc3n2CC(C)C3)c(F)cc1Cl. The van der Waals surface area contributed by atoms with Crippen LogP contribution in [0.5, 0.6) is 0 Å². The van der Waals surface area contributed by atoms with E-state index >= 15 is 0 Å². The first kappa shape index (κ1) is 18.4. The molecule has 0 spiro atoms. The maximum absolute atomic E-state index is 14.3. The Morgan fingerprint density at radius 1 is 1.60 bits per heavy atom. The second kappa shape index (κ2) is 7.47. The predicted molar refractivity (Wildman–Crippen MR) is 96.9 cm³/mol. The Bertz CT molecular complexity index is 881. The lowest BCUT2D eigenvalue weighted by Crippen LogP contribution is -2.15. The van der Waals surface area contributed by atoms with Crippen LogP contribution in [0.4, 0.5) is 10.1 Å². The van der Waals surface area contributed by atoms with Gasteiger partial charge in [0.1, 0.15) is 22.6 Å². The van der Waals surface area contributed by atoms with E-state index in [1.807, 2.05) is 4.57 Å². The van der Waals surface area contributed by atoms with Gasteiger partial charge in [-0.05, 0) is 25.0 Å². The number of hydrogen-bond donors (Lipinski definition) is 0. The number of thioether (sulfide) groups is 1. The van der Waals surface area contributed by atoms with Gasteiger partial charge in [0, 0.05) is 29.4 Å². The molecule has 0 saturated heterocycles. The second-order valence-electron chi connectivity index (χ2n) is 5.93. The van der Waals surface area contributed by atoms with Crippen LogP contribution in [0.15, 0.2) is 22.0 Å². The van der Waals surface area contributed by atoms with E-state index < -0.39 is 11.1 Å². The van der Waals surface area contributed by atoms with Gasteiger partial charge in [0.25, 0.3) is 0 Å². The molecule has 0 radical (unpaired) electrons. The third kappa shape index (κ3) is 3.91. The summed E-state index contributed by atoms with van der Waals surface area (Å²) >= 11 is 8.59. The molecule has 0 N–H and O–H groups in total. The molecule has 1 aromatic heterocycles. The smallest absolute Gasteiger partial charge is 0.318 e. The van der Waals surface area contributed by atoms with Crippen molar-refractivity contribution in [3.63, 3.8) is 0 Å². The van der Waals surface area contributed by atoms with E-state index in [0.29, 0.717) is 15.6 Å². The van der Waals surface area contributed by atoms with Crippen molar-refractivity contribution in [2.45, 2.75) is 37.0 Å². The molecule has 3 rings (SSSR count). The zero-order valence-electron chi connectivity index (χ0n) is 14.0. The number of nitrogens with zero attached hydrogens (tertiary/aromatic N) is 3. The lowest BCUT2D eigenvalue weighted by Gasteiger charge is -2.11. The molecule has 0 aliphatic carbocycles. The fraction of sp³-hybridized carbons (Fsp3) is 0.438. The highest BCUT2D eigenvalue weighted by molar-refractivity contribution is 8.00. The Morgan fingerprint density at radius 2 is 2.36 bits per heavy atom. The van der Waals surface area contributed by atoms with Gasteiger partial charge in [0.05, 0.1) is 12.1 Å². The van der Waals surface area contributed by atoms with Gasteiger partial charge in [-0.15, -0.1) is 11.8 Å². The average molecular weight is 402 g/mol. The first-order valence-corrected chi connectivity index (χ1v) is 9.75. The zero-order chi connectivity index (χ0) is 18.1. The van der Waals surface area contributed by atoms with Crippen LogP contribution in [0.2, 0.25) is 5.02 Å². The van der Waals surface area contributed by atoms with Gasteiger partial charge in [-0.2, -0.15) is 4.37 Å². The van der Waals surface area contributed by atoms with Crippen LogP contribution in [-0.2, 0) is 22.5 Å². The number of carbonyl (C=O) groups excluding carboxylic acids is 1. The molecule has 5 nitrogen and oxygen atoms in total. The van der Waals surface area contributed by atoms with E-state index in [1.54, 1.807) is 13.0 Å². The highest BCUT2D eigenvalue weighted by Gasteiger charge is 2.21. The van der Waals surface area contributed by atoms with Crippen molar-refractivity contribution >= 4 is 46.6 Å². The van der Waals surface area contributed by atoms with Crippen molar-refractivity contribution in [3.05, 3.63) is 33.6 Å². The van der Waals surface area contributed by atoms with Gasteiger partial charge in [-0.3, -0.25) is 4.79 Å². The van der Waals surface area contributed by atoms with Gasteiger partial charge >= 0.3 is 5.97 Å². The van der Waals surface area contributed by atoms with Crippen molar-refractivity contribution < 1.29 is 13.9 Å². The number of methoxy groups -OCH3 is 1. The Balaban J connectivity index is 1.96. The molecule has 134 valence electrons. The number of rotatable bonds is 4. The first-order chi connectivity index (χ1) is 11.9. The van der Waals surface area contributed by atoms with E-state index in [9.17, 15) is 9.18 Å². The van der Waals surface area contributed by atoms with Gasteiger partial charge in [-0.1, -0.05) is 18.5 Å². The monoisotopic (exact) mass is 401 g/mol. The molecule has 2 aromatic rings. The molecular formula is C16H17ClFN3O2S2. The molecule has 2 heterocycles. The number of ether oxygens (including phenoxy) is 1. The van der Waals surface area contributed by atoms with Crippen LogP contribution in [0.3, 0.4) is 0 Å². The molecular weight excluding hydrogens is 385 g/mol. The quantitative estimate of drug-likeness (QED) is 0.577. The van der Waals surface area contributed by atoms with Crippen molar-refractivity contribution in [3.8, 4) is 0 Å². The Kier molecular flexibility index (Phi) is 5.50. The molecule has 2 unspecified atom stereocenters. The van der Waals surface area contributed by atoms with E-state index in [2.05, 4.69) is 16.3 Å². The molecule has 0 fully saturated rings. The maximum atomic E-state index is 14.3. The maximum Gasteiger partial charge on any atom is 0.318 e. The highest BCUT2D eigenvalue weighted by Crippen LogP contribution is 2.35. The number of esters is 1. The van der Waals surface area contributed by atoms with E-state index in [1.165, 1.54) is 36.5 Å². The van der Waals surface area contributed by atoms with Crippen LogP contribution >= 0.6 is 34.9 Å². The molecule has 0 saturated carbocycles. The van der Waals surface area contributed by atoms with Crippen molar-refractivity contribution in [1.82, 2.24) is 8.94 Å². The summed E-state index contributed by atoms with van der Waals surface area (Å²) in [6, 6.07) is 2.79. The number of benzene rings is 1. The molecule has 25 heavy (non-hydrogen) atoms. The molecule has 2 atom stereocenters. The standard InChI is InChI=1S/C16H17ClFN3O2S2/c1-8-4-14-20-25-16(21(14)7-8)19-12-6-13(10(17)5-11(12)18)24-9(2)15(22)23-3/h5-6,8-9H,4,7H2,1-3H3. The van der Waals surface area contributed by atoms with E-state index in [0.717, 1.165) is 18.8 Å². The largest absolute Gasteiger partial charge is 0.468 e. The van der Waals surface area contributed by atoms with Crippen LogP contribution in [-0.4, -0.2) is 27.3 Å². The topological polar surface area (TPSA) is 56.5 Å². The third-order valence-electron chi connectivity index (χ3n) is 3.85. The fourth-order valence-corrected chi connectivity index (χ4v) is 4.59. The summed E-state index contributed by atoms with van der Waals surface area (Å²) in [6.45, 7) is 4.69. The molecule has 1 aromatic carbocycles. The van der Waals surface area contributed by atoms with Gasteiger partial charge in [0.15, 0.2) is 0 Å². The Labute approximate surface area is 158 Å². The van der Waals surface area contributed by atoms with Gasteiger partial charge in [-0.25, -0.2) is 9.38 Å². The van der Waals surface area contributed by atoms with Crippen LogP contribution in [0.25, 0.3) is 0 Å². The first-order valence-electron chi connectivity index (χ1n) is 7.72. The Hall–Kier alpha value is -1.38. The lowest BCUT2D eigenvalue weighted by molar-refractivity contribution is -0.139. The second-order valence-corrected chi connectivity index (χ2v) is 8.45. The van der Waals surface area contributed by atoms with Crippen molar-refractivity contribution in [1.29, 1.82) is 0 Å². The van der Waals surface area contributed by atoms with Crippen LogP contribution < -0.4 is 4.80 Å². The van der Waals surface area contributed by atoms with E-state index in [4.69, 9.17) is 16.3 Å². The molecule has 0 amide bonds. The summed E-state index contributed by atoms with van der Waals surface area (Å²) in [5.41, 5.74) is 0.183. The Morgan fingerprint density at radius 3 is 3.08 bits per heavy atom. The normalized spacial score (nSPS) is 18.3.